The zero-order valence-electron chi connectivity index (χ0n) is 15.0. The molecule has 0 radical (unpaired) electrons. The lowest BCUT2D eigenvalue weighted by atomic mass is 10.2. The third-order valence-electron chi connectivity index (χ3n) is 4.34. The number of sulfonamides is 1. The highest BCUT2D eigenvalue weighted by atomic mass is 32.2. The van der Waals surface area contributed by atoms with E-state index in [1.54, 1.807) is 6.20 Å². The van der Waals surface area contributed by atoms with E-state index in [0.717, 1.165) is 29.9 Å². The summed E-state index contributed by atoms with van der Waals surface area (Å²) in [6.07, 6.45) is 4.17. The maximum absolute atomic E-state index is 12.2. The zero-order valence-corrected chi connectivity index (χ0v) is 15.8. The molecule has 0 spiro atoms. The van der Waals surface area contributed by atoms with Gasteiger partial charge in [-0.05, 0) is 25.3 Å². The predicted octanol–water partition coefficient (Wildman–Crippen LogP) is 1.92. The third kappa shape index (κ3) is 5.40. The standard InChI is InChI=1S/C18H25N5O2S/c1-15-4-6-16(7-5-15)14-26(24,25)21-9-8-19-18-12-17(13-20-22-18)23-10-2-3-11-23/h4-7,12-13,21H,2-3,8-11,14H2,1H3,(H,19,22). The van der Waals surface area contributed by atoms with Crippen LogP contribution < -0.4 is 14.9 Å². The van der Waals surface area contributed by atoms with Crippen LogP contribution in [0, 0.1) is 6.92 Å². The lowest BCUT2D eigenvalue weighted by molar-refractivity contribution is 0.582. The smallest absolute Gasteiger partial charge is 0.215 e. The molecular formula is C18H25N5O2S. The van der Waals surface area contributed by atoms with Crippen molar-refractivity contribution in [3.05, 3.63) is 47.7 Å². The highest BCUT2D eigenvalue weighted by molar-refractivity contribution is 7.88. The van der Waals surface area contributed by atoms with Gasteiger partial charge in [-0.25, -0.2) is 13.1 Å². The second kappa shape index (κ2) is 8.46. The molecule has 0 amide bonds. The SMILES string of the molecule is Cc1ccc(CS(=O)(=O)NCCNc2cc(N3CCCC3)cnn2)cc1. The van der Waals surface area contributed by atoms with Gasteiger partial charge in [-0.2, -0.15) is 5.10 Å². The van der Waals surface area contributed by atoms with Gasteiger partial charge in [-0.15, -0.1) is 5.10 Å². The van der Waals surface area contributed by atoms with Gasteiger partial charge in [0.2, 0.25) is 10.0 Å². The Labute approximate surface area is 154 Å². The van der Waals surface area contributed by atoms with Gasteiger partial charge in [-0.3, -0.25) is 0 Å². The molecule has 0 unspecified atom stereocenters. The predicted molar refractivity (Wildman–Crippen MR) is 104 cm³/mol. The molecule has 26 heavy (non-hydrogen) atoms. The second-order valence-corrected chi connectivity index (χ2v) is 8.37. The highest BCUT2D eigenvalue weighted by Gasteiger charge is 2.14. The van der Waals surface area contributed by atoms with E-state index < -0.39 is 10.0 Å². The number of anilines is 2. The average molecular weight is 375 g/mol. The van der Waals surface area contributed by atoms with Crippen LogP contribution in [-0.4, -0.2) is 44.8 Å². The maximum Gasteiger partial charge on any atom is 0.215 e. The van der Waals surface area contributed by atoms with Crippen LogP contribution in [0.3, 0.4) is 0 Å². The fourth-order valence-corrected chi connectivity index (χ4v) is 4.09. The fraction of sp³-hybridized carbons (Fsp3) is 0.444. The van der Waals surface area contributed by atoms with E-state index in [1.165, 1.54) is 12.8 Å². The van der Waals surface area contributed by atoms with E-state index in [0.29, 0.717) is 18.9 Å². The molecule has 0 saturated carbocycles. The Kier molecular flexibility index (Phi) is 6.05. The van der Waals surface area contributed by atoms with Crippen molar-refractivity contribution in [3.63, 3.8) is 0 Å². The molecule has 1 aromatic carbocycles. The Hall–Kier alpha value is -2.19. The average Bonchev–Trinajstić information content (AvgIpc) is 3.16. The minimum Gasteiger partial charge on any atom is -0.370 e. The first-order chi connectivity index (χ1) is 12.5. The van der Waals surface area contributed by atoms with Gasteiger partial charge in [0.15, 0.2) is 5.82 Å². The van der Waals surface area contributed by atoms with E-state index >= 15 is 0 Å². The van der Waals surface area contributed by atoms with Crippen molar-refractivity contribution in [2.24, 2.45) is 0 Å². The van der Waals surface area contributed by atoms with Crippen molar-refractivity contribution in [2.75, 3.05) is 36.4 Å². The van der Waals surface area contributed by atoms with Crippen molar-refractivity contribution in [1.82, 2.24) is 14.9 Å². The van der Waals surface area contributed by atoms with Crippen molar-refractivity contribution < 1.29 is 8.42 Å². The largest absolute Gasteiger partial charge is 0.370 e. The van der Waals surface area contributed by atoms with Crippen LogP contribution in [0.25, 0.3) is 0 Å². The molecule has 140 valence electrons. The molecule has 0 aliphatic carbocycles. The molecule has 1 saturated heterocycles. The highest BCUT2D eigenvalue weighted by Crippen LogP contribution is 2.20. The van der Waals surface area contributed by atoms with Crippen LogP contribution in [-0.2, 0) is 15.8 Å². The molecule has 1 aromatic heterocycles. The first-order valence-electron chi connectivity index (χ1n) is 8.86. The number of aryl methyl sites for hydroxylation is 1. The lowest BCUT2D eigenvalue weighted by Gasteiger charge is -2.17. The van der Waals surface area contributed by atoms with Crippen molar-refractivity contribution in [1.29, 1.82) is 0 Å². The molecule has 0 atom stereocenters. The van der Waals surface area contributed by atoms with Crippen LogP contribution in [0.5, 0.6) is 0 Å². The van der Waals surface area contributed by atoms with Crippen LogP contribution in [0.15, 0.2) is 36.5 Å². The quantitative estimate of drug-likeness (QED) is 0.686. The molecule has 2 N–H and O–H groups in total. The Bertz CT molecular complexity index is 818. The molecule has 2 heterocycles. The Morgan fingerprint density at radius 2 is 1.85 bits per heavy atom. The van der Waals surface area contributed by atoms with Crippen LogP contribution in [0.2, 0.25) is 0 Å². The van der Waals surface area contributed by atoms with Gasteiger partial charge >= 0.3 is 0 Å². The summed E-state index contributed by atoms with van der Waals surface area (Å²) in [5, 5.41) is 11.2. The number of nitrogens with zero attached hydrogens (tertiary/aromatic N) is 3. The van der Waals surface area contributed by atoms with Crippen LogP contribution in [0.1, 0.15) is 24.0 Å². The van der Waals surface area contributed by atoms with E-state index in [2.05, 4.69) is 25.1 Å². The normalized spacial score (nSPS) is 14.6. The molecule has 1 aliphatic heterocycles. The Morgan fingerprint density at radius 3 is 2.58 bits per heavy atom. The van der Waals surface area contributed by atoms with Gasteiger partial charge in [0, 0.05) is 32.2 Å². The summed E-state index contributed by atoms with van der Waals surface area (Å²) in [7, 11) is -3.36. The minimum atomic E-state index is -3.36. The first kappa shape index (κ1) is 18.6. The molecule has 1 aliphatic rings. The van der Waals surface area contributed by atoms with Crippen LogP contribution in [0.4, 0.5) is 11.5 Å². The fourth-order valence-electron chi connectivity index (χ4n) is 2.94. The van der Waals surface area contributed by atoms with Gasteiger partial charge in [0.05, 0.1) is 17.6 Å². The number of hydrogen-bond donors (Lipinski definition) is 2. The van der Waals surface area contributed by atoms with Crippen molar-refractivity contribution >= 4 is 21.5 Å². The molecule has 0 bridgehead atoms. The van der Waals surface area contributed by atoms with Crippen molar-refractivity contribution in [2.45, 2.75) is 25.5 Å². The number of nitrogens with one attached hydrogen (secondary N) is 2. The lowest BCUT2D eigenvalue weighted by Crippen LogP contribution is -2.30. The Morgan fingerprint density at radius 1 is 1.12 bits per heavy atom. The summed E-state index contributed by atoms with van der Waals surface area (Å²) in [6, 6.07) is 9.47. The Balaban J connectivity index is 1.46. The first-order valence-corrected chi connectivity index (χ1v) is 10.5. The number of aromatic nitrogens is 2. The topological polar surface area (TPSA) is 87.2 Å². The van der Waals surface area contributed by atoms with Crippen molar-refractivity contribution in [3.8, 4) is 0 Å². The minimum absolute atomic E-state index is 0.0163. The summed E-state index contributed by atoms with van der Waals surface area (Å²) in [4.78, 5) is 2.28. The number of rotatable bonds is 8. The summed E-state index contributed by atoms with van der Waals surface area (Å²) in [5.41, 5.74) is 2.95. The summed E-state index contributed by atoms with van der Waals surface area (Å²) in [5.74, 6) is 0.643. The molecule has 2 aromatic rings. The van der Waals surface area contributed by atoms with E-state index in [-0.39, 0.29) is 5.75 Å². The molecule has 8 heteroatoms. The van der Waals surface area contributed by atoms with Crippen LogP contribution >= 0.6 is 0 Å². The molecule has 3 rings (SSSR count). The number of hydrogen-bond acceptors (Lipinski definition) is 6. The van der Waals surface area contributed by atoms with E-state index in [9.17, 15) is 8.42 Å². The summed E-state index contributed by atoms with van der Waals surface area (Å²) < 4.78 is 26.9. The van der Waals surface area contributed by atoms with Gasteiger partial charge in [-0.1, -0.05) is 29.8 Å². The molecule has 7 nitrogen and oxygen atoms in total. The summed E-state index contributed by atoms with van der Waals surface area (Å²) >= 11 is 0. The van der Waals surface area contributed by atoms with Gasteiger partial charge in [0.1, 0.15) is 0 Å². The number of benzene rings is 1. The third-order valence-corrected chi connectivity index (χ3v) is 5.70. The van der Waals surface area contributed by atoms with Gasteiger partial charge in [0.25, 0.3) is 0 Å². The van der Waals surface area contributed by atoms with E-state index in [4.69, 9.17) is 0 Å². The zero-order chi connectivity index (χ0) is 18.4. The summed E-state index contributed by atoms with van der Waals surface area (Å²) in [6.45, 7) is 4.81. The monoisotopic (exact) mass is 375 g/mol. The maximum atomic E-state index is 12.2. The van der Waals surface area contributed by atoms with E-state index in [1.807, 2.05) is 37.3 Å². The molecule has 1 fully saturated rings. The molecular weight excluding hydrogens is 350 g/mol. The van der Waals surface area contributed by atoms with Gasteiger partial charge < -0.3 is 10.2 Å². The second-order valence-electron chi connectivity index (χ2n) is 6.56.